The molecule has 0 aromatic heterocycles. The minimum atomic E-state index is -0.334. The molecule has 0 aliphatic carbocycles. The molecule has 1 aromatic carbocycles. The number of carbonyl (C=O) groups excluding carboxylic acids is 1. The molecule has 1 atom stereocenters. The van der Waals surface area contributed by atoms with Crippen LogP contribution in [-0.4, -0.2) is 38.3 Å². The fourth-order valence-electron chi connectivity index (χ4n) is 3.53. The summed E-state index contributed by atoms with van der Waals surface area (Å²) in [5.74, 6) is -0.334. The van der Waals surface area contributed by atoms with E-state index in [1.165, 1.54) is 31.4 Å². The van der Waals surface area contributed by atoms with E-state index in [4.69, 9.17) is 4.74 Å². The summed E-state index contributed by atoms with van der Waals surface area (Å²) in [6, 6.07) is 10.1. The van der Waals surface area contributed by atoms with Crippen molar-refractivity contribution in [1.82, 2.24) is 5.32 Å². The molecule has 26 heavy (non-hydrogen) atoms. The van der Waals surface area contributed by atoms with Crippen molar-refractivity contribution in [2.75, 3.05) is 31.1 Å². The lowest BCUT2D eigenvalue weighted by Crippen LogP contribution is -2.32. The summed E-state index contributed by atoms with van der Waals surface area (Å²) in [4.78, 5) is 14.6. The van der Waals surface area contributed by atoms with Crippen LogP contribution in [0.1, 0.15) is 44.1 Å². The molecule has 1 amide bonds. The van der Waals surface area contributed by atoms with E-state index >= 15 is 0 Å². The molecule has 0 bridgehead atoms. The number of ether oxygens (including phenoxy) is 1. The van der Waals surface area contributed by atoms with Crippen molar-refractivity contribution in [3.8, 4) is 6.07 Å². The molecule has 2 aliphatic rings. The molecule has 1 aromatic rings. The Morgan fingerprint density at radius 3 is 2.54 bits per heavy atom. The molecule has 5 nitrogen and oxygen atoms in total. The van der Waals surface area contributed by atoms with Crippen molar-refractivity contribution in [3.05, 3.63) is 35.4 Å². The van der Waals surface area contributed by atoms with Crippen molar-refractivity contribution >= 4 is 17.7 Å². The Morgan fingerprint density at radius 2 is 1.92 bits per heavy atom. The highest BCUT2D eigenvalue weighted by Crippen LogP contribution is 2.21. The van der Waals surface area contributed by atoms with Crippen LogP contribution >= 0.6 is 0 Å². The third kappa shape index (κ3) is 5.09. The first-order valence-electron chi connectivity index (χ1n) is 9.63. The lowest BCUT2D eigenvalue weighted by atomic mass is 10.1. The number of anilines is 1. The van der Waals surface area contributed by atoms with Gasteiger partial charge in [0.1, 0.15) is 11.6 Å². The maximum absolute atomic E-state index is 12.2. The summed E-state index contributed by atoms with van der Waals surface area (Å²) in [6.07, 6.45) is 8.82. The molecule has 2 saturated heterocycles. The Bertz CT molecular complexity index is 661. The molecular weight excluding hydrogens is 326 g/mol. The van der Waals surface area contributed by atoms with E-state index < -0.39 is 0 Å². The van der Waals surface area contributed by atoms with Crippen molar-refractivity contribution in [1.29, 1.82) is 5.26 Å². The van der Waals surface area contributed by atoms with Crippen molar-refractivity contribution < 1.29 is 9.53 Å². The maximum Gasteiger partial charge on any atom is 0.262 e. The van der Waals surface area contributed by atoms with E-state index in [1.54, 1.807) is 6.08 Å². The number of nitriles is 1. The number of nitrogens with zero attached hydrogens (tertiary/aromatic N) is 2. The molecule has 3 rings (SSSR count). The van der Waals surface area contributed by atoms with Crippen LogP contribution in [0.4, 0.5) is 5.69 Å². The average molecular weight is 353 g/mol. The van der Waals surface area contributed by atoms with Crippen LogP contribution in [-0.2, 0) is 9.53 Å². The van der Waals surface area contributed by atoms with Gasteiger partial charge in [-0.2, -0.15) is 5.26 Å². The molecule has 1 N–H and O–H groups in total. The first kappa shape index (κ1) is 18.5. The highest BCUT2D eigenvalue weighted by Gasteiger charge is 2.17. The van der Waals surface area contributed by atoms with E-state index in [0.717, 1.165) is 38.1 Å². The van der Waals surface area contributed by atoms with Gasteiger partial charge in [-0.05, 0) is 49.5 Å². The van der Waals surface area contributed by atoms with Gasteiger partial charge in [0.05, 0.1) is 6.10 Å². The molecule has 0 saturated carbocycles. The van der Waals surface area contributed by atoms with Crippen LogP contribution in [0.5, 0.6) is 0 Å². The number of nitrogens with one attached hydrogen (secondary N) is 1. The van der Waals surface area contributed by atoms with E-state index in [9.17, 15) is 10.1 Å². The molecule has 1 unspecified atom stereocenters. The Balaban J connectivity index is 1.60. The average Bonchev–Trinajstić information content (AvgIpc) is 3.05. The number of amides is 1. The van der Waals surface area contributed by atoms with Gasteiger partial charge in [0.15, 0.2) is 0 Å². The molecule has 2 heterocycles. The number of benzene rings is 1. The largest absolute Gasteiger partial charge is 0.376 e. The van der Waals surface area contributed by atoms with Gasteiger partial charge in [0.25, 0.3) is 5.91 Å². The second kappa shape index (κ2) is 9.40. The number of hydrogen-bond donors (Lipinski definition) is 1. The number of hydrogen-bond acceptors (Lipinski definition) is 4. The van der Waals surface area contributed by atoms with Gasteiger partial charge >= 0.3 is 0 Å². The highest BCUT2D eigenvalue weighted by atomic mass is 16.5. The fourth-order valence-corrected chi connectivity index (χ4v) is 3.53. The smallest absolute Gasteiger partial charge is 0.262 e. The Labute approximate surface area is 155 Å². The van der Waals surface area contributed by atoms with E-state index in [2.05, 4.69) is 22.3 Å². The zero-order valence-corrected chi connectivity index (χ0v) is 15.2. The van der Waals surface area contributed by atoms with Gasteiger partial charge in [-0.3, -0.25) is 4.79 Å². The molecular formula is C21H27N3O2. The second-order valence-corrected chi connectivity index (χ2v) is 7.01. The predicted octanol–water partition coefficient (Wildman–Crippen LogP) is 3.27. The topological polar surface area (TPSA) is 65.4 Å². The predicted molar refractivity (Wildman–Crippen MR) is 103 cm³/mol. The fraction of sp³-hybridized carbons (Fsp3) is 0.524. The lowest BCUT2D eigenvalue weighted by molar-refractivity contribution is -0.117. The zero-order chi connectivity index (χ0) is 18.2. The second-order valence-electron chi connectivity index (χ2n) is 7.01. The number of rotatable bonds is 5. The Morgan fingerprint density at radius 1 is 1.19 bits per heavy atom. The van der Waals surface area contributed by atoms with E-state index in [0.29, 0.717) is 6.54 Å². The van der Waals surface area contributed by atoms with Gasteiger partial charge in [-0.15, -0.1) is 0 Å². The maximum atomic E-state index is 12.2. The van der Waals surface area contributed by atoms with Gasteiger partial charge < -0.3 is 15.0 Å². The van der Waals surface area contributed by atoms with Crippen LogP contribution in [0.2, 0.25) is 0 Å². The summed E-state index contributed by atoms with van der Waals surface area (Å²) < 4.78 is 5.49. The first-order chi connectivity index (χ1) is 12.8. The van der Waals surface area contributed by atoms with Crippen LogP contribution in [0.15, 0.2) is 29.8 Å². The summed E-state index contributed by atoms with van der Waals surface area (Å²) in [5.41, 5.74) is 2.21. The van der Waals surface area contributed by atoms with Crippen molar-refractivity contribution in [2.24, 2.45) is 0 Å². The summed E-state index contributed by atoms with van der Waals surface area (Å²) in [5, 5.41) is 12.1. The molecule has 0 spiro atoms. The number of carbonyl (C=O) groups is 1. The Kier molecular flexibility index (Phi) is 6.68. The van der Waals surface area contributed by atoms with Gasteiger partial charge in [-0.1, -0.05) is 25.0 Å². The quantitative estimate of drug-likeness (QED) is 0.652. The van der Waals surface area contributed by atoms with Crippen LogP contribution in [0.3, 0.4) is 0 Å². The molecule has 2 aliphatic heterocycles. The normalized spacial score (nSPS) is 21.1. The van der Waals surface area contributed by atoms with Gasteiger partial charge in [-0.25, -0.2) is 0 Å². The summed E-state index contributed by atoms with van der Waals surface area (Å²) >= 11 is 0. The molecule has 2 fully saturated rings. The minimum absolute atomic E-state index is 0.0757. The summed E-state index contributed by atoms with van der Waals surface area (Å²) in [7, 11) is 0. The first-order valence-corrected chi connectivity index (χ1v) is 9.63. The minimum Gasteiger partial charge on any atom is -0.376 e. The third-order valence-electron chi connectivity index (χ3n) is 5.05. The van der Waals surface area contributed by atoms with Crippen LogP contribution in [0.25, 0.3) is 6.08 Å². The standard InChI is InChI=1S/C21H27N3O2/c22-15-18(21(25)23-16-20-6-5-13-26-20)14-17-7-9-19(10-8-17)24-11-3-1-2-4-12-24/h7-10,14,20H,1-6,11-13,16H2,(H,23,25)/b18-14+. The summed E-state index contributed by atoms with van der Waals surface area (Å²) in [6.45, 7) is 3.42. The van der Waals surface area contributed by atoms with E-state index in [-0.39, 0.29) is 17.6 Å². The third-order valence-corrected chi connectivity index (χ3v) is 5.05. The lowest BCUT2D eigenvalue weighted by Gasteiger charge is -2.22. The monoisotopic (exact) mass is 353 g/mol. The molecule has 0 radical (unpaired) electrons. The zero-order valence-electron chi connectivity index (χ0n) is 15.2. The van der Waals surface area contributed by atoms with Crippen LogP contribution < -0.4 is 10.2 Å². The Hall–Kier alpha value is -2.32. The van der Waals surface area contributed by atoms with Gasteiger partial charge in [0.2, 0.25) is 0 Å². The van der Waals surface area contributed by atoms with Crippen LogP contribution in [0, 0.1) is 11.3 Å². The van der Waals surface area contributed by atoms with Gasteiger partial charge in [0, 0.05) is 31.9 Å². The van der Waals surface area contributed by atoms with E-state index in [1.807, 2.05) is 18.2 Å². The highest BCUT2D eigenvalue weighted by molar-refractivity contribution is 6.01. The SMILES string of the molecule is N#C/C(=C\c1ccc(N2CCCCCC2)cc1)C(=O)NCC1CCCO1. The molecule has 5 heteroatoms. The van der Waals surface area contributed by atoms with Crippen molar-refractivity contribution in [2.45, 2.75) is 44.6 Å². The molecule has 138 valence electrons. The van der Waals surface area contributed by atoms with Crippen molar-refractivity contribution in [3.63, 3.8) is 0 Å².